The first kappa shape index (κ1) is 16.2. The highest BCUT2D eigenvalue weighted by Crippen LogP contribution is 2.32. The molecule has 2 nitrogen and oxygen atoms in total. The first-order valence-corrected chi connectivity index (χ1v) is 6.09. The number of ether oxygens (including phenoxy) is 1. The van der Waals surface area contributed by atoms with Gasteiger partial charge in [0, 0.05) is 0 Å². The quantitative estimate of drug-likeness (QED) is 0.448. The smallest absolute Gasteiger partial charge is 0.405 e. The van der Waals surface area contributed by atoms with Gasteiger partial charge in [0.05, 0.1) is 5.56 Å². The predicted molar refractivity (Wildman–Crippen MR) is 68.9 cm³/mol. The SMILES string of the molecule is O=Cc1cc(-c2cc(F)c(Cl)c(F)c2)ccc1OC(F)(F)F. The second kappa shape index (κ2) is 5.92. The van der Waals surface area contributed by atoms with Gasteiger partial charge < -0.3 is 4.74 Å². The number of carbonyl (C=O) groups excluding carboxylic acids is 1. The summed E-state index contributed by atoms with van der Waals surface area (Å²) in [5.74, 6) is -2.76. The molecule has 0 amide bonds. The topological polar surface area (TPSA) is 26.3 Å². The minimum absolute atomic E-state index is 0.0149. The number of carbonyl (C=O) groups is 1. The Balaban J connectivity index is 2.48. The largest absolute Gasteiger partial charge is 0.573 e. The Hall–Kier alpha value is -2.15. The van der Waals surface area contributed by atoms with Crippen molar-refractivity contribution in [3.63, 3.8) is 0 Å². The molecule has 0 aliphatic carbocycles. The fourth-order valence-electron chi connectivity index (χ4n) is 1.76. The van der Waals surface area contributed by atoms with Crippen LogP contribution in [0.25, 0.3) is 11.1 Å². The predicted octanol–water partition coefficient (Wildman–Crippen LogP) is 5.00. The molecule has 0 aliphatic rings. The average Bonchev–Trinajstić information content (AvgIpc) is 2.43. The van der Waals surface area contributed by atoms with Gasteiger partial charge in [0.2, 0.25) is 0 Å². The number of benzene rings is 2. The Bertz CT molecular complexity index is 705. The highest BCUT2D eigenvalue weighted by atomic mass is 35.5. The van der Waals surface area contributed by atoms with E-state index >= 15 is 0 Å². The molecular weight excluding hydrogens is 331 g/mol. The van der Waals surface area contributed by atoms with Crippen molar-refractivity contribution in [2.24, 2.45) is 0 Å². The van der Waals surface area contributed by atoms with Crippen molar-refractivity contribution >= 4 is 17.9 Å². The summed E-state index contributed by atoms with van der Waals surface area (Å²) in [7, 11) is 0. The first-order chi connectivity index (χ1) is 10.2. The van der Waals surface area contributed by atoms with Gasteiger partial charge in [-0.05, 0) is 35.4 Å². The Morgan fingerprint density at radius 2 is 1.59 bits per heavy atom. The van der Waals surface area contributed by atoms with Crippen LogP contribution in [0, 0.1) is 11.6 Å². The lowest BCUT2D eigenvalue weighted by Gasteiger charge is -2.12. The van der Waals surface area contributed by atoms with Crippen LogP contribution in [-0.2, 0) is 0 Å². The van der Waals surface area contributed by atoms with Crippen LogP contribution in [0.2, 0.25) is 5.02 Å². The second-order valence-corrected chi connectivity index (χ2v) is 4.55. The Kier molecular flexibility index (Phi) is 4.37. The van der Waals surface area contributed by atoms with Gasteiger partial charge in [-0.25, -0.2) is 8.78 Å². The van der Waals surface area contributed by atoms with E-state index in [2.05, 4.69) is 4.74 Å². The third-order valence-corrected chi connectivity index (χ3v) is 3.04. The molecule has 8 heteroatoms. The van der Waals surface area contributed by atoms with Crippen molar-refractivity contribution in [2.45, 2.75) is 6.36 Å². The molecule has 0 atom stereocenters. The highest BCUT2D eigenvalue weighted by molar-refractivity contribution is 6.31. The second-order valence-electron chi connectivity index (χ2n) is 4.17. The Labute approximate surface area is 126 Å². The van der Waals surface area contributed by atoms with E-state index in [-0.39, 0.29) is 17.4 Å². The third kappa shape index (κ3) is 3.54. The molecule has 2 aromatic rings. The number of halogens is 6. The van der Waals surface area contributed by atoms with E-state index in [9.17, 15) is 26.7 Å². The summed E-state index contributed by atoms with van der Waals surface area (Å²) in [6.45, 7) is 0. The summed E-state index contributed by atoms with van der Waals surface area (Å²) in [6, 6.07) is 4.85. The molecule has 0 aromatic heterocycles. The minimum Gasteiger partial charge on any atom is -0.405 e. The van der Waals surface area contributed by atoms with Crippen LogP contribution in [0.3, 0.4) is 0 Å². The number of hydrogen-bond donors (Lipinski definition) is 0. The fourth-order valence-corrected chi connectivity index (χ4v) is 1.87. The summed E-state index contributed by atoms with van der Waals surface area (Å²) in [6.07, 6.45) is -4.81. The number of hydrogen-bond acceptors (Lipinski definition) is 2. The molecule has 2 rings (SSSR count). The van der Waals surface area contributed by atoms with Crippen LogP contribution in [0.15, 0.2) is 30.3 Å². The van der Waals surface area contributed by atoms with E-state index in [0.717, 1.165) is 30.3 Å². The van der Waals surface area contributed by atoms with Crippen LogP contribution in [0.5, 0.6) is 5.75 Å². The van der Waals surface area contributed by atoms with Gasteiger partial charge in [-0.3, -0.25) is 4.79 Å². The lowest BCUT2D eigenvalue weighted by Crippen LogP contribution is -2.18. The standard InChI is InChI=1S/C14H6ClF5O2/c15-13-10(16)4-8(5-11(13)17)7-1-2-12(9(3-7)6-21)22-14(18,19)20/h1-6H. The van der Waals surface area contributed by atoms with E-state index in [4.69, 9.17) is 11.6 Å². The summed E-state index contributed by atoms with van der Waals surface area (Å²) in [5.41, 5.74) is -0.266. The fraction of sp³-hybridized carbons (Fsp3) is 0.0714. The van der Waals surface area contributed by atoms with Crippen LogP contribution >= 0.6 is 11.6 Å². The van der Waals surface area contributed by atoms with E-state index < -0.39 is 34.3 Å². The molecular formula is C14H6ClF5O2. The molecule has 22 heavy (non-hydrogen) atoms. The maximum Gasteiger partial charge on any atom is 0.573 e. The molecule has 0 saturated heterocycles. The zero-order chi connectivity index (χ0) is 16.5. The van der Waals surface area contributed by atoms with Crippen LogP contribution in [0.4, 0.5) is 22.0 Å². The summed E-state index contributed by atoms with van der Waals surface area (Å²) >= 11 is 5.34. The van der Waals surface area contributed by atoms with Gasteiger partial charge in [-0.15, -0.1) is 13.2 Å². The van der Waals surface area contributed by atoms with Crippen molar-refractivity contribution in [1.29, 1.82) is 0 Å². The lowest BCUT2D eigenvalue weighted by molar-refractivity contribution is -0.274. The molecule has 0 radical (unpaired) electrons. The molecule has 0 bridgehead atoms. The summed E-state index contributed by atoms with van der Waals surface area (Å²) < 4.78 is 67.0. The van der Waals surface area contributed by atoms with Crippen LogP contribution in [-0.4, -0.2) is 12.6 Å². The maximum atomic E-state index is 13.4. The molecule has 0 aliphatic heterocycles. The summed E-state index contributed by atoms with van der Waals surface area (Å²) in [5, 5.41) is -0.698. The first-order valence-electron chi connectivity index (χ1n) is 5.71. The van der Waals surface area contributed by atoms with Gasteiger partial charge in [0.25, 0.3) is 0 Å². The van der Waals surface area contributed by atoms with Crippen molar-refractivity contribution in [3.8, 4) is 16.9 Å². The molecule has 0 spiro atoms. The van der Waals surface area contributed by atoms with Crippen molar-refractivity contribution in [2.75, 3.05) is 0 Å². The van der Waals surface area contributed by atoms with E-state index in [0.29, 0.717) is 0 Å². The normalized spacial score (nSPS) is 11.4. The van der Waals surface area contributed by atoms with Crippen molar-refractivity contribution < 1.29 is 31.5 Å². The van der Waals surface area contributed by atoms with Gasteiger partial charge in [0.15, 0.2) is 6.29 Å². The van der Waals surface area contributed by atoms with Gasteiger partial charge in [0.1, 0.15) is 22.4 Å². The molecule has 0 N–H and O–H groups in total. The number of rotatable bonds is 3. The molecule has 0 saturated carbocycles. The van der Waals surface area contributed by atoms with Gasteiger partial charge in [-0.1, -0.05) is 17.7 Å². The van der Waals surface area contributed by atoms with Crippen LogP contribution < -0.4 is 4.74 Å². The maximum absolute atomic E-state index is 13.4. The molecule has 2 aromatic carbocycles. The van der Waals surface area contributed by atoms with Gasteiger partial charge in [-0.2, -0.15) is 0 Å². The number of alkyl halides is 3. The van der Waals surface area contributed by atoms with Gasteiger partial charge >= 0.3 is 6.36 Å². The summed E-state index contributed by atoms with van der Waals surface area (Å²) in [4.78, 5) is 10.9. The monoisotopic (exact) mass is 336 g/mol. The van der Waals surface area contributed by atoms with E-state index in [1.807, 2.05) is 0 Å². The van der Waals surface area contributed by atoms with Crippen molar-refractivity contribution in [3.05, 3.63) is 52.6 Å². The Morgan fingerprint density at radius 3 is 2.09 bits per heavy atom. The zero-order valence-corrected chi connectivity index (χ0v) is 11.3. The number of aldehydes is 1. The van der Waals surface area contributed by atoms with E-state index in [1.165, 1.54) is 0 Å². The van der Waals surface area contributed by atoms with E-state index in [1.54, 1.807) is 0 Å². The zero-order valence-electron chi connectivity index (χ0n) is 10.5. The molecule has 116 valence electrons. The highest BCUT2D eigenvalue weighted by Gasteiger charge is 2.32. The third-order valence-electron chi connectivity index (χ3n) is 2.68. The molecule has 0 heterocycles. The molecule has 0 unspecified atom stereocenters. The minimum atomic E-state index is -4.96. The van der Waals surface area contributed by atoms with Crippen molar-refractivity contribution in [1.82, 2.24) is 0 Å². The molecule has 0 fully saturated rings. The Morgan fingerprint density at radius 1 is 1.00 bits per heavy atom. The average molecular weight is 337 g/mol. The van der Waals surface area contributed by atoms with Crippen LogP contribution in [0.1, 0.15) is 10.4 Å². The lowest BCUT2D eigenvalue weighted by atomic mass is 10.0.